The van der Waals surface area contributed by atoms with E-state index >= 15 is 0 Å². The Bertz CT molecular complexity index is 886. The Balaban J connectivity index is 0.00000341. The van der Waals surface area contributed by atoms with Gasteiger partial charge in [0.1, 0.15) is 5.75 Å². The molecule has 8 heteroatoms. The zero-order valence-corrected chi connectivity index (χ0v) is 18.0. The average molecular weight is 441 g/mol. The van der Waals surface area contributed by atoms with Crippen molar-refractivity contribution in [3.63, 3.8) is 0 Å². The number of carbonyl (C=O) groups is 1. The van der Waals surface area contributed by atoms with Crippen molar-refractivity contribution in [3.8, 4) is 5.75 Å². The number of carbonyl (C=O) groups excluding carboxylic acids is 1. The molecular formula is C22H27F3N2O2S. The molecule has 1 heterocycles. The van der Waals surface area contributed by atoms with E-state index in [4.69, 9.17) is 4.74 Å². The Morgan fingerprint density at radius 1 is 1.27 bits per heavy atom. The Kier molecular flexibility index (Phi) is 6.67. The van der Waals surface area contributed by atoms with E-state index in [0.717, 1.165) is 48.8 Å². The Labute approximate surface area is 180 Å². The molecule has 2 aromatic carbocycles. The summed E-state index contributed by atoms with van der Waals surface area (Å²) in [4.78, 5) is 15.8. The van der Waals surface area contributed by atoms with Gasteiger partial charge in [0.15, 0.2) is 0 Å². The molecule has 30 heavy (non-hydrogen) atoms. The highest BCUT2D eigenvalue weighted by Crippen LogP contribution is 2.39. The third kappa shape index (κ3) is 4.59. The predicted molar refractivity (Wildman–Crippen MR) is 114 cm³/mol. The molecule has 1 aliphatic rings. The van der Waals surface area contributed by atoms with Gasteiger partial charge in [0.05, 0.1) is 23.8 Å². The Morgan fingerprint density at radius 3 is 2.53 bits per heavy atom. The summed E-state index contributed by atoms with van der Waals surface area (Å²) < 4.78 is 45.1. The molecule has 0 aliphatic carbocycles. The van der Waals surface area contributed by atoms with Crippen molar-refractivity contribution in [2.75, 3.05) is 33.5 Å². The molecule has 1 fully saturated rings. The van der Waals surface area contributed by atoms with Crippen LogP contribution in [0.2, 0.25) is 0 Å². The van der Waals surface area contributed by atoms with Crippen LogP contribution in [-0.4, -0.2) is 44.3 Å². The first-order valence-corrected chi connectivity index (χ1v) is 10.8. The zero-order valence-electron chi connectivity index (χ0n) is 17.2. The predicted octanol–water partition coefficient (Wildman–Crippen LogP) is 5.03. The van der Waals surface area contributed by atoms with Crippen LogP contribution in [-0.2, 0) is 11.7 Å². The molecule has 0 unspecified atom stereocenters. The second kappa shape index (κ2) is 8.89. The van der Waals surface area contributed by atoms with Crippen LogP contribution in [0.5, 0.6) is 5.75 Å². The number of nitrogens with one attached hydrogen (secondary N) is 1. The summed E-state index contributed by atoms with van der Waals surface area (Å²) in [5.74, 6) is -0.525. The second-order valence-electron chi connectivity index (χ2n) is 7.50. The molecule has 0 aromatic heterocycles. The number of piperidine rings is 1. The molecule has 1 aliphatic heterocycles. The SMILES string of the molecule is COc1cc(C(F)(F)F)cc(SC)c1C(=O)N[C@]1(c2ccccc2)CCCN(C)C1.[HH]. The maximum atomic E-state index is 13.4. The molecule has 2 aromatic rings. The molecule has 1 N–H and O–H groups in total. The lowest BCUT2D eigenvalue weighted by atomic mass is 9.82. The summed E-state index contributed by atoms with van der Waals surface area (Å²) in [6.07, 6.45) is -1.24. The Morgan fingerprint density at radius 2 is 1.97 bits per heavy atom. The summed E-state index contributed by atoms with van der Waals surface area (Å²) in [5, 5.41) is 3.15. The number of hydrogen-bond acceptors (Lipinski definition) is 4. The molecule has 1 amide bonds. The number of amides is 1. The molecular weight excluding hydrogens is 413 g/mol. The van der Waals surface area contributed by atoms with Gasteiger partial charge in [-0.05, 0) is 50.4 Å². The van der Waals surface area contributed by atoms with Crippen LogP contribution in [0.3, 0.4) is 0 Å². The lowest BCUT2D eigenvalue weighted by Gasteiger charge is -2.42. The fourth-order valence-electron chi connectivity index (χ4n) is 4.02. The van der Waals surface area contributed by atoms with Gasteiger partial charge in [-0.15, -0.1) is 11.8 Å². The van der Waals surface area contributed by atoms with Crippen molar-refractivity contribution in [1.29, 1.82) is 0 Å². The standard InChI is InChI=1S/C22H25F3N2O2S.H2/c1-27-11-7-10-21(14-27,15-8-5-4-6-9-15)26-20(28)19-17(29-2)12-16(22(23,24)25)13-18(19)30-3;/h4-6,8-9,12-13H,7,10-11,14H2,1-3H3,(H,26,28);1H/t21-;/m1./s1. The van der Waals surface area contributed by atoms with Gasteiger partial charge in [0, 0.05) is 12.9 Å². The monoisotopic (exact) mass is 440 g/mol. The number of rotatable bonds is 5. The van der Waals surface area contributed by atoms with Crippen molar-refractivity contribution in [2.24, 2.45) is 0 Å². The smallest absolute Gasteiger partial charge is 0.416 e. The third-order valence-corrected chi connectivity index (χ3v) is 6.18. The third-order valence-electron chi connectivity index (χ3n) is 5.42. The van der Waals surface area contributed by atoms with Crippen molar-refractivity contribution < 1.29 is 24.1 Å². The fourth-order valence-corrected chi connectivity index (χ4v) is 4.66. The van der Waals surface area contributed by atoms with Crippen molar-refractivity contribution in [2.45, 2.75) is 29.5 Å². The topological polar surface area (TPSA) is 41.6 Å². The molecule has 1 saturated heterocycles. The number of thioether (sulfide) groups is 1. The maximum Gasteiger partial charge on any atom is 0.416 e. The first-order valence-electron chi connectivity index (χ1n) is 9.60. The van der Waals surface area contributed by atoms with Crippen LogP contribution >= 0.6 is 11.8 Å². The van der Waals surface area contributed by atoms with E-state index in [1.165, 1.54) is 7.11 Å². The van der Waals surface area contributed by atoms with Crippen LogP contribution in [0.25, 0.3) is 0 Å². The quantitative estimate of drug-likeness (QED) is 0.662. The van der Waals surface area contributed by atoms with Crippen LogP contribution in [0.1, 0.15) is 35.8 Å². The van der Waals surface area contributed by atoms with Gasteiger partial charge in [-0.3, -0.25) is 4.79 Å². The van der Waals surface area contributed by atoms with Crippen molar-refractivity contribution in [3.05, 3.63) is 59.2 Å². The van der Waals surface area contributed by atoms with E-state index in [0.29, 0.717) is 6.54 Å². The second-order valence-corrected chi connectivity index (χ2v) is 8.35. The number of methoxy groups -OCH3 is 1. The summed E-state index contributed by atoms with van der Waals surface area (Å²) >= 11 is 1.09. The molecule has 4 nitrogen and oxygen atoms in total. The number of likely N-dealkylation sites (N-methyl/N-ethyl adjacent to an activating group) is 1. The molecule has 0 radical (unpaired) electrons. The maximum absolute atomic E-state index is 13.4. The highest BCUT2D eigenvalue weighted by Gasteiger charge is 2.39. The van der Waals surface area contributed by atoms with Gasteiger partial charge >= 0.3 is 6.18 Å². The number of halogens is 3. The molecule has 164 valence electrons. The number of benzene rings is 2. The van der Waals surface area contributed by atoms with Crippen molar-refractivity contribution in [1.82, 2.24) is 10.2 Å². The summed E-state index contributed by atoms with van der Waals surface area (Å²) in [5.41, 5.74) is -0.368. The van der Waals surface area contributed by atoms with Gasteiger partial charge < -0.3 is 15.0 Å². The van der Waals surface area contributed by atoms with E-state index in [9.17, 15) is 18.0 Å². The minimum Gasteiger partial charge on any atom is -0.496 e. The van der Waals surface area contributed by atoms with Gasteiger partial charge in [0.2, 0.25) is 0 Å². The van der Waals surface area contributed by atoms with E-state index in [2.05, 4.69) is 10.2 Å². The average Bonchev–Trinajstić information content (AvgIpc) is 2.72. The van der Waals surface area contributed by atoms with E-state index in [1.54, 1.807) is 6.26 Å². The lowest BCUT2D eigenvalue weighted by molar-refractivity contribution is -0.137. The largest absolute Gasteiger partial charge is 0.496 e. The number of hydrogen-bond donors (Lipinski definition) is 1. The van der Waals surface area contributed by atoms with Crippen molar-refractivity contribution >= 4 is 17.7 Å². The molecule has 1 atom stereocenters. The number of nitrogens with zero attached hydrogens (tertiary/aromatic N) is 1. The first kappa shape index (κ1) is 22.5. The zero-order chi connectivity index (χ0) is 21.9. The fraction of sp³-hybridized carbons (Fsp3) is 0.409. The highest BCUT2D eigenvalue weighted by atomic mass is 32.2. The molecule has 0 spiro atoms. The molecule has 0 bridgehead atoms. The Hall–Kier alpha value is -2.19. The van der Waals surface area contributed by atoms with E-state index in [-0.39, 0.29) is 17.6 Å². The van der Waals surface area contributed by atoms with E-state index < -0.39 is 23.2 Å². The van der Waals surface area contributed by atoms with Gasteiger partial charge in [0.25, 0.3) is 5.91 Å². The molecule has 3 rings (SSSR count). The van der Waals surface area contributed by atoms with E-state index in [1.807, 2.05) is 37.4 Å². The number of likely N-dealkylation sites (tertiary alicyclic amines) is 1. The summed E-state index contributed by atoms with van der Waals surface area (Å²) in [6, 6.07) is 11.6. The minimum absolute atomic E-state index is 0. The number of alkyl halides is 3. The lowest BCUT2D eigenvalue weighted by Crippen LogP contribution is -2.55. The molecule has 0 saturated carbocycles. The minimum atomic E-state index is -4.52. The van der Waals surface area contributed by atoms with Crippen LogP contribution in [0, 0.1) is 0 Å². The summed E-state index contributed by atoms with van der Waals surface area (Å²) in [6.45, 7) is 1.53. The van der Waals surface area contributed by atoms with Gasteiger partial charge in [-0.25, -0.2) is 0 Å². The number of ether oxygens (including phenoxy) is 1. The van der Waals surface area contributed by atoms with Crippen LogP contribution < -0.4 is 10.1 Å². The van der Waals surface area contributed by atoms with Crippen LogP contribution in [0.4, 0.5) is 13.2 Å². The van der Waals surface area contributed by atoms with Gasteiger partial charge in [-0.2, -0.15) is 13.2 Å². The first-order chi connectivity index (χ1) is 14.2. The van der Waals surface area contributed by atoms with Crippen LogP contribution in [0.15, 0.2) is 47.4 Å². The summed E-state index contributed by atoms with van der Waals surface area (Å²) in [7, 11) is 3.27. The highest BCUT2D eigenvalue weighted by molar-refractivity contribution is 7.98. The van der Waals surface area contributed by atoms with Gasteiger partial charge in [-0.1, -0.05) is 30.3 Å². The normalized spacial score (nSPS) is 20.1.